The molecule has 0 aliphatic carbocycles. The number of carbonyl (C=O) groups is 2. The minimum atomic E-state index is -0.711. The van der Waals surface area contributed by atoms with Crippen molar-refractivity contribution in [1.29, 1.82) is 0 Å². The van der Waals surface area contributed by atoms with Gasteiger partial charge in [0, 0.05) is 12.5 Å². The van der Waals surface area contributed by atoms with E-state index in [4.69, 9.17) is 4.74 Å². The third-order valence-electron chi connectivity index (χ3n) is 5.00. The van der Waals surface area contributed by atoms with Gasteiger partial charge < -0.3 is 4.74 Å². The standard InChI is InChI=1S/C17H19N5O4/c1-9-6-12(17(25)26-3)22-14(9)18-8-13(16(22)24)20-4-5-21-11(15(20)23)7-10(2)19-21/h7-9,12H,4-6H2,1-3H3/t9-,12+/m1/s1. The zero-order valence-corrected chi connectivity index (χ0v) is 14.8. The number of anilines is 1. The smallest absolute Gasteiger partial charge is 0.329 e. The summed E-state index contributed by atoms with van der Waals surface area (Å²) in [6.45, 7) is 4.54. The number of fused-ring (bicyclic) bond motifs is 2. The van der Waals surface area contributed by atoms with Crippen LogP contribution in [0, 0.1) is 6.92 Å². The molecule has 9 heteroatoms. The van der Waals surface area contributed by atoms with Crippen LogP contribution in [0.25, 0.3) is 0 Å². The summed E-state index contributed by atoms with van der Waals surface area (Å²) in [4.78, 5) is 43.8. The Morgan fingerprint density at radius 1 is 1.31 bits per heavy atom. The summed E-state index contributed by atoms with van der Waals surface area (Å²) in [5, 5.41) is 4.28. The van der Waals surface area contributed by atoms with Crippen LogP contribution in [-0.4, -0.2) is 44.9 Å². The average molecular weight is 357 g/mol. The average Bonchev–Trinajstić information content (AvgIpc) is 3.16. The molecule has 4 heterocycles. The van der Waals surface area contributed by atoms with Crippen molar-refractivity contribution in [1.82, 2.24) is 19.3 Å². The third-order valence-corrected chi connectivity index (χ3v) is 5.00. The Kier molecular flexibility index (Phi) is 3.67. The lowest BCUT2D eigenvalue weighted by atomic mass is 10.1. The van der Waals surface area contributed by atoms with E-state index in [2.05, 4.69) is 10.1 Å². The van der Waals surface area contributed by atoms with E-state index in [1.807, 2.05) is 13.8 Å². The first-order valence-electron chi connectivity index (χ1n) is 8.48. The highest BCUT2D eigenvalue weighted by Crippen LogP contribution is 2.34. The number of nitrogens with zero attached hydrogens (tertiary/aromatic N) is 5. The zero-order chi connectivity index (χ0) is 18.6. The summed E-state index contributed by atoms with van der Waals surface area (Å²) >= 11 is 0. The molecule has 2 atom stereocenters. The minimum absolute atomic E-state index is 0.0398. The summed E-state index contributed by atoms with van der Waals surface area (Å²) in [7, 11) is 1.30. The van der Waals surface area contributed by atoms with E-state index >= 15 is 0 Å². The van der Waals surface area contributed by atoms with Crippen LogP contribution in [0.1, 0.15) is 47.3 Å². The van der Waals surface area contributed by atoms with E-state index in [1.165, 1.54) is 22.8 Å². The maximum atomic E-state index is 13.1. The van der Waals surface area contributed by atoms with Crippen molar-refractivity contribution in [2.75, 3.05) is 18.6 Å². The van der Waals surface area contributed by atoms with Crippen molar-refractivity contribution in [3.05, 3.63) is 39.8 Å². The molecular weight excluding hydrogens is 338 g/mol. The van der Waals surface area contributed by atoms with Gasteiger partial charge in [-0.25, -0.2) is 9.78 Å². The predicted molar refractivity (Wildman–Crippen MR) is 91.2 cm³/mol. The van der Waals surface area contributed by atoms with E-state index in [0.717, 1.165) is 5.69 Å². The number of esters is 1. The van der Waals surface area contributed by atoms with Gasteiger partial charge in [-0.2, -0.15) is 5.10 Å². The molecule has 2 aromatic rings. The number of aromatic nitrogens is 4. The number of hydrogen-bond donors (Lipinski definition) is 0. The molecule has 1 amide bonds. The van der Waals surface area contributed by atoms with Gasteiger partial charge in [-0.3, -0.25) is 23.7 Å². The van der Waals surface area contributed by atoms with E-state index in [1.54, 1.807) is 10.7 Å². The van der Waals surface area contributed by atoms with Gasteiger partial charge in [0.25, 0.3) is 11.5 Å². The molecule has 136 valence electrons. The molecule has 0 aromatic carbocycles. The van der Waals surface area contributed by atoms with Gasteiger partial charge in [-0.05, 0) is 19.4 Å². The maximum absolute atomic E-state index is 13.1. The van der Waals surface area contributed by atoms with E-state index in [9.17, 15) is 14.4 Å². The first-order valence-corrected chi connectivity index (χ1v) is 8.48. The van der Waals surface area contributed by atoms with Crippen molar-refractivity contribution in [3.63, 3.8) is 0 Å². The van der Waals surface area contributed by atoms with Gasteiger partial charge >= 0.3 is 5.97 Å². The maximum Gasteiger partial charge on any atom is 0.329 e. The zero-order valence-electron chi connectivity index (χ0n) is 14.8. The highest BCUT2D eigenvalue weighted by atomic mass is 16.5. The summed E-state index contributed by atoms with van der Waals surface area (Å²) in [6, 6.07) is 0.990. The highest BCUT2D eigenvalue weighted by Gasteiger charge is 2.38. The number of methoxy groups -OCH3 is 1. The molecule has 0 radical (unpaired) electrons. The van der Waals surface area contributed by atoms with Crippen molar-refractivity contribution >= 4 is 17.6 Å². The number of aryl methyl sites for hydroxylation is 1. The molecule has 0 saturated carbocycles. The van der Waals surface area contributed by atoms with Gasteiger partial charge in [0.15, 0.2) is 0 Å². The molecule has 2 aliphatic rings. The van der Waals surface area contributed by atoms with Crippen LogP contribution in [0.4, 0.5) is 5.69 Å². The summed E-state index contributed by atoms with van der Waals surface area (Å²) in [5.74, 6) is -0.270. The lowest BCUT2D eigenvalue weighted by Crippen LogP contribution is -2.44. The molecular formula is C17H19N5O4. The van der Waals surface area contributed by atoms with Crippen molar-refractivity contribution in [2.45, 2.75) is 38.8 Å². The number of ether oxygens (including phenoxy) is 1. The topological polar surface area (TPSA) is 99.3 Å². The van der Waals surface area contributed by atoms with Crippen LogP contribution < -0.4 is 10.5 Å². The molecule has 0 saturated heterocycles. The normalized spacial score (nSPS) is 21.5. The summed E-state index contributed by atoms with van der Waals surface area (Å²) in [5.41, 5.74) is 0.967. The Morgan fingerprint density at radius 3 is 2.81 bits per heavy atom. The molecule has 0 unspecified atom stereocenters. The number of carbonyl (C=O) groups excluding carboxylic acids is 2. The molecule has 0 spiro atoms. The van der Waals surface area contributed by atoms with Crippen LogP contribution in [0.2, 0.25) is 0 Å². The molecule has 0 fully saturated rings. The Balaban J connectivity index is 1.79. The Bertz CT molecular complexity index is 976. The van der Waals surface area contributed by atoms with Crippen molar-refractivity contribution in [2.24, 2.45) is 0 Å². The van der Waals surface area contributed by atoms with Crippen molar-refractivity contribution in [3.8, 4) is 0 Å². The fourth-order valence-electron chi connectivity index (χ4n) is 3.76. The monoisotopic (exact) mass is 357 g/mol. The van der Waals surface area contributed by atoms with Gasteiger partial charge in [-0.15, -0.1) is 0 Å². The fraction of sp³-hybridized carbons (Fsp3) is 0.471. The Morgan fingerprint density at radius 2 is 2.08 bits per heavy atom. The molecule has 2 aliphatic heterocycles. The molecule has 2 aromatic heterocycles. The second kappa shape index (κ2) is 5.79. The Labute approximate surface area is 149 Å². The van der Waals surface area contributed by atoms with E-state index in [-0.39, 0.29) is 17.5 Å². The first-order chi connectivity index (χ1) is 12.4. The first kappa shape index (κ1) is 16.5. The van der Waals surface area contributed by atoms with Crippen LogP contribution in [0.15, 0.2) is 17.1 Å². The van der Waals surface area contributed by atoms with Crippen LogP contribution in [-0.2, 0) is 16.1 Å². The highest BCUT2D eigenvalue weighted by molar-refractivity contribution is 6.05. The minimum Gasteiger partial charge on any atom is -0.467 e. The quantitative estimate of drug-likeness (QED) is 0.731. The van der Waals surface area contributed by atoms with E-state index < -0.39 is 17.6 Å². The largest absolute Gasteiger partial charge is 0.467 e. The summed E-state index contributed by atoms with van der Waals surface area (Å²) in [6.07, 6.45) is 1.89. The summed E-state index contributed by atoms with van der Waals surface area (Å²) < 4.78 is 7.85. The second-order valence-electron chi connectivity index (χ2n) is 6.70. The van der Waals surface area contributed by atoms with Gasteiger partial charge in [0.05, 0.1) is 25.5 Å². The van der Waals surface area contributed by atoms with Gasteiger partial charge in [-0.1, -0.05) is 6.92 Å². The Hall–Kier alpha value is -2.97. The second-order valence-corrected chi connectivity index (χ2v) is 6.70. The van der Waals surface area contributed by atoms with E-state index in [0.29, 0.717) is 31.0 Å². The molecule has 4 rings (SSSR count). The molecule has 9 nitrogen and oxygen atoms in total. The lowest BCUT2D eigenvalue weighted by Gasteiger charge is -2.27. The number of rotatable bonds is 2. The molecule has 0 N–H and O–H groups in total. The van der Waals surface area contributed by atoms with Crippen LogP contribution in [0.5, 0.6) is 0 Å². The number of hydrogen-bond acceptors (Lipinski definition) is 6. The number of amides is 1. The SMILES string of the molecule is COC(=O)[C@@H]1C[C@@H](C)c2ncc(N3CCn4nc(C)cc4C3=O)c(=O)n21. The molecule has 26 heavy (non-hydrogen) atoms. The predicted octanol–water partition coefficient (Wildman–Crippen LogP) is 0.630. The third kappa shape index (κ3) is 2.27. The van der Waals surface area contributed by atoms with Crippen LogP contribution >= 0.6 is 0 Å². The van der Waals surface area contributed by atoms with Gasteiger partial charge in [0.1, 0.15) is 23.2 Å². The fourth-order valence-corrected chi connectivity index (χ4v) is 3.76. The van der Waals surface area contributed by atoms with Crippen LogP contribution in [0.3, 0.4) is 0 Å². The lowest BCUT2D eigenvalue weighted by molar-refractivity contribution is -0.144. The van der Waals surface area contributed by atoms with Gasteiger partial charge in [0.2, 0.25) is 0 Å². The molecule has 0 bridgehead atoms. The van der Waals surface area contributed by atoms with Crippen molar-refractivity contribution < 1.29 is 14.3 Å².